The second-order valence-electron chi connectivity index (χ2n) is 6.46. The van der Waals surface area contributed by atoms with Gasteiger partial charge in [0, 0.05) is 31.2 Å². The van der Waals surface area contributed by atoms with Crippen LogP contribution in [0.3, 0.4) is 0 Å². The normalized spacial score (nSPS) is 22.6. The van der Waals surface area contributed by atoms with Gasteiger partial charge in [-0.2, -0.15) is 0 Å². The summed E-state index contributed by atoms with van der Waals surface area (Å²) in [6.07, 6.45) is 5.59. The number of nitrogens with one attached hydrogen (secondary N) is 1. The van der Waals surface area contributed by atoms with Crippen molar-refractivity contribution < 1.29 is 14.2 Å². The molecular weight excluding hydrogens is 433 g/mol. The number of anilines is 1. The van der Waals surface area contributed by atoms with E-state index in [2.05, 4.69) is 10.3 Å². The molecule has 0 aromatic heterocycles. The Bertz CT molecular complexity index is 576. The third-order valence-electron chi connectivity index (χ3n) is 4.57. The van der Waals surface area contributed by atoms with Crippen molar-refractivity contribution in [3.8, 4) is 0 Å². The van der Waals surface area contributed by atoms with Gasteiger partial charge < -0.3 is 25.3 Å². The SMILES string of the molecule is COCc1ccccc1NC(N)=NCC1COC2(CCCCC2)O1.I. The zero-order chi connectivity index (χ0) is 16.8. The zero-order valence-corrected chi connectivity index (χ0v) is 17.0. The number of methoxy groups -OCH3 is 1. The maximum Gasteiger partial charge on any atom is 0.193 e. The Balaban J connectivity index is 0.00000225. The van der Waals surface area contributed by atoms with Crippen LogP contribution in [0.5, 0.6) is 0 Å². The highest BCUT2D eigenvalue weighted by molar-refractivity contribution is 14.0. The molecule has 0 bridgehead atoms. The Morgan fingerprint density at radius 2 is 2.08 bits per heavy atom. The number of hydrogen-bond acceptors (Lipinski definition) is 4. The van der Waals surface area contributed by atoms with Crippen LogP contribution in [0.2, 0.25) is 0 Å². The quantitative estimate of drug-likeness (QED) is 0.400. The predicted molar refractivity (Wildman–Crippen MR) is 109 cm³/mol. The van der Waals surface area contributed by atoms with Crippen molar-refractivity contribution in [2.24, 2.45) is 10.7 Å². The summed E-state index contributed by atoms with van der Waals surface area (Å²) in [5, 5.41) is 3.14. The van der Waals surface area contributed by atoms with E-state index in [1.807, 2.05) is 24.3 Å². The van der Waals surface area contributed by atoms with Gasteiger partial charge in [0.2, 0.25) is 0 Å². The Morgan fingerprint density at radius 3 is 2.84 bits per heavy atom. The van der Waals surface area contributed by atoms with Crippen LogP contribution in [0.15, 0.2) is 29.3 Å². The average molecular weight is 461 g/mol. The summed E-state index contributed by atoms with van der Waals surface area (Å²) < 4.78 is 17.2. The van der Waals surface area contributed by atoms with Gasteiger partial charge in [-0.15, -0.1) is 24.0 Å². The lowest BCUT2D eigenvalue weighted by molar-refractivity contribution is -0.186. The molecule has 0 amide bonds. The molecule has 1 spiro atoms. The molecule has 7 heteroatoms. The fraction of sp³-hybridized carbons (Fsp3) is 0.611. The highest BCUT2D eigenvalue weighted by Crippen LogP contribution is 2.37. The molecule has 140 valence electrons. The molecule has 1 aliphatic carbocycles. The lowest BCUT2D eigenvalue weighted by atomic mass is 9.94. The monoisotopic (exact) mass is 461 g/mol. The topological polar surface area (TPSA) is 78.1 Å². The molecule has 1 heterocycles. The van der Waals surface area contributed by atoms with Gasteiger partial charge >= 0.3 is 0 Å². The average Bonchev–Trinajstić information content (AvgIpc) is 2.98. The van der Waals surface area contributed by atoms with E-state index < -0.39 is 0 Å². The number of rotatable bonds is 5. The summed E-state index contributed by atoms with van der Waals surface area (Å²) in [6.45, 7) is 1.63. The number of aliphatic imine (C=N–C) groups is 1. The number of halogens is 1. The minimum atomic E-state index is -0.355. The number of hydrogen-bond donors (Lipinski definition) is 2. The van der Waals surface area contributed by atoms with Gasteiger partial charge in [-0.3, -0.25) is 4.99 Å². The molecule has 2 aliphatic rings. The third kappa shape index (κ3) is 5.54. The molecule has 0 radical (unpaired) electrons. The fourth-order valence-electron chi connectivity index (χ4n) is 3.36. The van der Waals surface area contributed by atoms with Gasteiger partial charge in [0.05, 0.1) is 19.8 Å². The summed E-state index contributed by atoms with van der Waals surface area (Å²) in [5.74, 6) is 0.0258. The van der Waals surface area contributed by atoms with Crippen LogP contribution in [0.1, 0.15) is 37.7 Å². The van der Waals surface area contributed by atoms with Gasteiger partial charge in [0.1, 0.15) is 6.10 Å². The molecule has 3 rings (SSSR count). The van der Waals surface area contributed by atoms with E-state index in [-0.39, 0.29) is 35.9 Å². The third-order valence-corrected chi connectivity index (χ3v) is 4.57. The Labute approximate surface area is 166 Å². The molecule has 1 saturated heterocycles. The van der Waals surface area contributed by atoms with Crippen molar-refractivity contribution >= 4 is 35.6 Å². The Morgan fingerprint density at radius 1 is 1.32 bits per heavy atom. The maximum atomic E-state index is 6.12. The van der Waals surface area contributed by atoms with Crippen LogP contribution in [-0.4, -0.2) is 38.1 Å². The number of nitrogens with zero attached hydrogens (tertiary/aromatic N) is 1. The van der Waals surface area contributed by atoms with Crippen LogP contribution < -0.4 is 11.1 Å². The summed E-state index contributed by atoms with van der Waals surface area (Å²) in [6, 6.07) is 7.89. The molecule has 1 aliphatic heterocycles. The summed E-state index contributed by atoms with van der Waals surface area (Å²) in [7, 11) is 1.67. The van der Waals surface area contributed by atoms with Crippen LogP contribution in [0, 0.1) is 0 Å². The van der Waals surface area contributed by atoms with Gasteiger partial charge in [-0.05, 0) is 18.9 Å². The summed E-state index contributed by atoms with van der Waals surface area (Å²) in [5.41, 5.74) is 7.97. The van der Waals surface area contributed by atoms with Crippen molar-refractivity contribution in [3.63, 3.8) is 0 Å². The second-order valence-corrected chi connectivity index (χ2v) is 6.46. The standard InChI is InChI=1S/C18H27N3O3.HI/c1-22-12-14-7-3-4-8-16(14)21-17(19)20-11-15-13-23-18(24-15)9-5-2-6-10-18;/h3-4,7-8,15H,2,5-6,9-13H2,1H3,(H3,19,20,21);1H. The molecule has 3 N–H and O–H groups in total. The molecule has 1 unspecified atom stereocenters. The smallest absolute Gasteiger partial charge is 0.193 e. The van der Waals surface area contributed by atoms with Gasteiger partial charge in [0.25, 0.3) is 0 Å². The van der Waals surface area contributed by atoms with Crippen molar-refractivity contribution in [1.29, 1.82) is 0 Å². The van der Waals surface area contributed by atoms with Gasteiger partial charge in [-0.25, -0.2) is 0 Å². The van der Waals surface area contributed by atoms with E-state index in [0.717, 1.165) is 24.1 Å². The van der Waals surface area contributed by atoms with E-state index in [1.165, 1.54) is 19.3 Å². The molecule has 25 heavy (non-hydrogen) atoms. The highest BCUT2D eigenvalue weighted by Gasteiger charge is 2.41. The minimum Gasteiger partial charge on any atom is -0.380 e. The van der Waals surface area contributed by atoms with E-state index in [0.29, 0.717) is 25.7 Å². The number of benzene rings is 1. The summed E-state index contributed by atoms with van der Waals surface area (Å²) in [4.78, 5) is 4.42. The molecule has 6 nitrogen and oxygen atoms in total. The Hall–Kier alpha value is -0.900. The largest absolute Gasteiger partial charge is 0.380 e. The lowest BCUT2D eigenvalue weighted by Gasteiger charge is -2.31. The number of guanidine groups is 1. The van der Waals surface area contributed by atoms with Gasteiger partial charge in [0.15, 0.2) is 11.7 Å². The first kappa shape index (κ1) is 20.4. The molecular formula is C18H28IN3O3. The first-order chi connectivity index (χ1) is 11.7. The van der Waals surface area contributed by atoms with Crippen LogP contribution in [0.4, 0.5) is 5.69 Å². The molecule has 1 atom stereocenters. The molecule has 1 aromatic carbocycles. The first-order valence-corrected chi connectivity index (χ1v) is 8.66. The lowest BCUT2D eigenvalue weighted by Crippen LogP contribution is -2.34. The van der Waals surface area contributed by atoms with Crippen molar-refractivity contribution in [3.05, 3.63) is 29.8 Å². The number of para-hydroxylation sites is 1. The van der Waals surface area contributed by atoms with Gasteiger partial charge in [-0.1, -0.05) is 24.6 Å². The molecule has 1 saturated carbocycles. The molecule has 2 fully saturated rings. The predicted octanol–water partition coefficient (Wildman–Crippen LogP) is 3.25. The van der Waals surface area contributed by atoms with Crippen molar-refractivity contribution in [2.75, 3.05) is 25.6 Å². The first-order valence-electron chi connectivity index (χ1n) is 8.66. The highest BCUT2D eigenvalue weighted by atomic mass is 127. The number of ether oxygens (including phenoxy) is 3. The van der Waals surface area contributed by atoms with Crippen LogP contribution >= 0.6 is 24.0 Å². The van der Waals surface area contributed by atoms with Crippen molar-refractivity contribution in [2.45, 2.75) is 50.6 Å². The van der Waals surface area contributed by atoms with E-state index in [1.54, 1.807) is 7.11 Å². The van der Waals surface area contributed by atoms with E-state index in [9.17, 15) is 0 Å². The number of nitrogens with two attached hydrogens (primary N) is 1. The van der Waals surface area contributed by atoms with Crippen molar-refractivity contribution in [1.82, 2.24) is 0 Å². The van der Waals surface area contributed by atoms with Crippen LogP contribution in [-0.2, 0) is 20.8 Å². The van der Waals surface area contributed by atoms with E-state index in [4.69, 9.17) is 19.9 Å². The second kappa shape index (κ2) is 9.70. The maximum absolute atomic E-state index is 6.12. The minimum absolute atomic E-state index is 0. The Kier molecular flexibility index (Phi) is 7.92. The molecule has 1 aromatic rings. The summed E-state index contributed by atoms with van der Waals surface area (Å²) >= 11 is 0. The fourth-order valence-corrected chi connectivity index (χ4v) is 3.36. The van der Waals surface area contributed by atoms with E-state index >= 15 is 0 Å². The van der Waals surface area contributed by atoms with Crippen LogP contribution in [0.25, 0.3) is 0 Å². The zero-order valence-electron chi connectivity index (χ0n) is 14.7.